The molecule has 1 saturated heterocycles. The molecule has 47 heavy (non-hydrogen) atoms. The Morgan fingerprint density at radius 1 is 0.681 bits per heavy atom. The Bertz CT molecular complexity index is 1260. The van der Waals surface area contributed by atoms with E-state index in [1.165, 1.54) is 103 Å². The first kappa shape index (κ1) is 39.3. The average molecular weight is 640 g/mol. The Morgan fingerprint density at radius 3 is 1.74 bits per heavy atom. The number of aryl methyl sites for hydroxylation is 2. The van der Waals surface area contributed by atoms with Crippen molar-refractivity contribution >= 4 is 0 Å². The van der Waals surface area contributed by atoms with Gasteiger partial charge in [-0.3, -0.25) is 0 Å². The molecule has 0 N–H and O–H groups in total. The molecule has 1 aliphatic heterocycles. The second-order valence-corrected chi connectivity index (χ2v) is 14.7. The molecule has 1 atom stereocenters. The molecule has 1 heterocycles. The van der Waals surface area contributed by atoms with Crippen molar-refractivity contribution in [2.45, 2.75) is 163 Å². The van der Waals surface area contributed by atoms with Crippen molar-refractivity contribution < 1.29 is 0 Å². The van der Waals surface area contributed by atoms with Gasteiger partial charge in [-0.05, 0) is 135 Å². The van der Waals surface area contributed by atoms with Crippen molar-refractivity contribution in [3.05, 3.63) is 94.1 Å². The van der Waals surface area contributed by atoms with E-state index < -0.39 is 0 Å². The molecule has 1 saturated carbocycles. The molecule has 5 aliphatic carbocycles. The maximum Gasteiger partial charge on any atom is 0.0213 e. The van der Waals surface area contributed by atoms with E-state index in [0.29, 0.717) is 16.2 Å². The van der Waals surface area contributed by atoms with Crippen LogP contribution in [0.25, 0.3) is 0 Å². The van der Waals surface area contributed by atoms with E-state index in [-0.39, 0.29) is 0 Å². The maximum atomic E-state index is 2.42. The highest BCUT2D eigenvalue weighted by Gasteiger charge is 2.46. The summed E-state index contributed by atoms with van der Waals surface area (Å²) in [6, 6.07) is 18.1. The van der Waals surface area contributed by atoms with Gasteiger partial charge in [-0.2, -0.15) is 0 Å². The number of likely N-dealkylation sites (N-methyl/N-ethyl adjacent to an activating group) is 1. The first-order valence-electron chi connectivity index (χ1n) is 20.2. The highest BCUT2D eigenvalue weighted by Crippen LogP contribution is 2.53. The molecule has 0 bridgehead atoms. The fraction of sp³-hybridized carbons (Fsp3) is 0.652. The van der Waals surface area contributed by atoms with Crippen LogP contribution in [-0.2, 0) is 23.7 Å². The standard InChI is InChI=1S/C15H20.C13H20.C12H15N.3C2H6/c1-12-6-9-15(10-7-12)11-8-13-4-2-3-5-14(13)15;1-3-9-13(4-2)10-8-11-6-5-7-12(11)13;1-13-8-12(9-13)7-6-10-4-2-3-5-11(10)12;3*1-2/h2-5,12H,6-11H2,1H3;5-6H,3-4,7-10H2,1-2H3;2-5H,6-9H2,1H3;3*1-2H3. The third-order valence-corrected chi connectivity index (χ3v) is 12.2. The van der Waals surface area contributed by atoms with Gasteiger partial charge in [0.25, 0.3) is 0 Å². The number of rotatable bonds is 3. The van der Waals surface area contributed by atoms with Crippen LogP contribution in [0.4, 0.5) is 0 Å². The van der Waals surface area contributed by atoms with Gasteiger partial charge in [-0.1, -0.05) is 135 Å². The molecule has 6 aliphatic rings. The molecule has 0 amide bonds. The summed E-state index contributed by atoms with van der Waals surface area (Å²) in [6.45, 7) is 21.6. The van der Waals surface area contributed by atoms with Crippen molar-refractivity contribution in [2.75, 3.05) is 20.1 Å². The second kappa shape index (κ2) is 18.6. The summed E-state index contributed by atoms with van der Waals surface area (Å²) in [5, 5.41) is 0. The number of hydrogen-bond donors (Lipinski definition) is 0. The highest BCUT2D eigenvalue weighted by atomic mass is 15.2. The zero-order valence-corrected chi connectivity index (χ0v) is 32.6. The van der Waals surface area contributed by atoms with Crippen LogP contribution < -0.4 is 0 Å². The fourth-order valence-electron chi connectivity index (χ4n) is 9.87. The SMILES string of the molecule is CC.CC.CC.CC1CCC2(CCc3ccccc32)CC1.CCCC1(CC)CCC2=C1CC=C2.CN1CC2(CCc3ccccc32)C1. The van der Waals surface area contributed by atoms with Gasteiger partial charge in [0.15, 0.2) is 0 Å². The van der Waals surface area contributed by atoms with E-state index >= 15 is 0 Å². The van der Waals surface area contributed by atoms with Crippen LogP contribution in [0.2, 0.25) is 0 Å². The van der Waals surface area contributed by atoms with Gasteiger partial charge in [0.2, 0.25) is 0 Å². The van der Waals surface area contributed by atoms with Crippen LogP contribution >= 0.6 is 0 Å². The van der Waals surface area contributed by atoms with E-state index in [9.17, 15) is 0 Å². The summed E-state index contributed by atoms with van der Waals surface area (Å²) in [4.78, 5) is 2.42. The molecule has 2 fully saturated rings. The Hall–Kier alpha value is -2.12. The number of nitrogens with zero attached hydrogens (tertiary/aromatic N) is 1. The molecule has 1 unspecified atom stereocenters. The summed E-state index contributed by atoms with van der Waals surface area (Å²) in [6.07, 6.45) is 24.0. The molecule has 8 rings (SSSR count). The van der Waals surface area contributed by atoms with Gasteiger partial charge < -0.3 is 4.90 Å². The summed E-state index contributed by atoms with van der Waals surface area (Å²) in [5.74, 6) is 0.961. The molecule has 2 aromatic rings. The number of allylic oxidation sites excluding steroid dienone is 4. The first-order valence-corrected chi connectivity index (χ1v) is 20.2. The van der Waals surface area contributed by atoms with Gasteiger partial charge in [0.1, 0.15) is 0 Å². The van der Waals surface area contributed by atoms with Crippen LogP contribution in [0, 0.1) is 11.3 Å². The molecule has 0 radical (unpaired) electrons. The second-order valence-electron chi connectivity index (χ2n) is 14.7. The van der Waals surface area contributed by atoms with Gasteiger partial charge in [-0.15, -0.1) is 0 Å². The van der Waals surface area contributed by atoms with Crippen LogP contribution in [0.5, 0.6) is 0 Å². The lowest BCUT2D eigenvalue weighted by Gasteiger charge is -2.47. The van der Waals surface area contributed by atoms with Crippen LogP contribution in [0.3, 0.4) is 0 Å². The molecular formula is C46H73N. The maximum absolute atomic E-state index is 2.42. The van der Waals surface area contributed by atoms with Crippen LogP contribution in [0.1, 0.15) is 162 Å². The number of fused-ring (bicyclic) bond motifs is 4. The van der Waals surface area contributed by atoms with E-state index in [4.69, 9.17) is 0 Å². The van der Waals surface area contributed by atoms with Gasteiger partial charge in [0.05, 0.1) is 0 Å². The van der Waals surface area contributed by atoms with E-state index in [2.05, 4.69) is 93.4 Å². The minimum absolute atomic E-state index is 0.547. The molecule has 1 heteroatoms. The molecular weight excluding hydrogens is 567 g/mol. The molecule has 1 nitrogen and oxygen atoms in total. The fourth-order valence-corrected chi connectivity index (χ4v) is 9.87. The minimum atomic E-state index is 0.547. The average Bonchev–Trinajstić information content (AvgIpc) is 3.91. The monoisotopic (exact) mass is 640 g/mol. The Kier molecular flexibility index (Phi) is 15.6. The summed E-state index contributed by atoms with van der Waals surface area (Å²) in [5.41, 5.74) is 11.8. The van der Waals surface area contributed by atoms with Crippen molar-refractivity contribution in [1.82, 2.24) is 4.90 Å². The predicted molar refractivity (Wildman–Crippen MR) is 210 cm³/mol. The Labute approximate surface area is 292 Å². The third-order valence-electron chi connectivity index (χ3n) is 12.2. The van der Waals surface area contributed by atoms with E-state index in [1.807, 2.05) is 41.5 Å². The zero-order chi connectivity index (χ0) is 34.5. The first-order chi connectivity index (χ1) is 22.9. The van der Waals surface area contributed by atoms with Gasteiger partial charge in [0, 0.05) is 18.5 Å². The van der Waals surface area contributed by atoms with Crippen molar-refractivity contribution in [3.63, 3.8) is 0 Å². The summed E-state index contributed by atoms with van der Waals surface area (Å²) in [7, 11) is 2.21. The van der Waals surface area contributed by atoms with Gasteiger partial charge >= 0.3 is 0 Å². The van der Waals surface area contributed by atoms with Crippen molar-refractivity contribution in [3.8, 4) is 0 Å². The largest absolute Gasteiger partial charge is 0.304 e. The minimum Gasteiger partial charge on any atom is -0.304 e. The quantitative estimate of drug-likeness (QED) is 0.323. The van der Waals surface area contributed by atoms with Gasteiger partial charge in [-0.25, -0.2) is 0 Å². The zero-order valence-electron chi connectivity index (χ0n) is 32.6. The summed E-state index contributed by atoms with van der Waals surface area (Å²) >= 11 is 0. The predicted octanol–water partition coefficient (Wildman–Crippen LogP) is 13.2. The van der Waals surface area contributed by atoms with E-state index in [1.54, 1.807) is 33.4 Å². The van der Waals surface area contributed by atoms with Crippen LogP contribution in [-0.4, -0.2) is 25.0 Å². The molecule has 2 spiro atoms. The molecule has 262 valence electrons. The lowest BCUT2D eigenvalue weighted by molar-refractivity contribution is 0.0946. The van der Waals surface area contributed by atoms with E-state index in [0.717, 1.165) is 5.92 Å². The summed E-state index contributed by atoms with van der Waals surface area (Å²) < 4.78 is 0. The number of hydrogen-bond acceptors (Lipinski definition) is 1. The lowest BCUT2D eigenvalue weighted by Crippen LogP contribution is -2.56. The molecule has 0 aromatic heterocycles. The number of benzene rings is 2. The van der Waals surface area contributed by atoms with Crippen molar-refractivity contribution in [2.24, 2.45) is 11.3 Å². The molecule has 2 aromatic carbocycles. The smallest absolute Gasteiger partial charge is 0.0213 e. The van der Waals surface area contributed by atoms with Crippen molar-refractivity contribution in [1.29, 1.82) is 0 Å². The third kappa shape index (κ3) is 8.55. The lowest BCUT2D eigenvalue weighted by atomic mass is 9.68. The van der Waals surface area contributed by atoms with Crippen LogP contribution in [0.15, 0.2) is 71.8 Å². The highest BCUT2D eigenvalue weighted by molar-refractivity contribution is 5.43. The number of likely N-dealkylation sites (tertiary alicyclic amines) is 1. The Morgan fingerprint density at radius 2 is 1.21 bits per heavy atom. The Balaban J connectivity index is 0.000000178. The topological polar surface area (TPSA) is 3.24 Å². The normalized spacial score (nSPS) is 26.8.